The lowest BCUT2D eigenvalue weighted by Crippen LogP contribution is -2.28. The van der Waals surface area contributed by atoms with E-state index < -0.39 is 5.91 Å². The Kier molecular flexibility index (Phi) is 4.58. The number of benzene rings is 1. The van der Waals surface area contributed by atoms with E-state index >= 15 is 0 Å². The molecule has 3 aromatic rings. The van der Waals surface area contributed by atoms with Crippen LogP contribution in [0, 0.1) is 0 Å². The summed E-state index contributed by atoms with van der Waals surface area (Å²) in [5.74, 6) is -0.415. The number of nitrogens with zero attached hydrogens (tertiary/aromatic N) is 3. The third-order valence-electron chi connectivity index (χ3n) is 5.03. The molecular formula is C20H21N5O2. The molecule has 3 N–H and O–H groups in total. The van der Waals surface area contributed by atoms with Crippen molar-refractivity contribution in [2.75, 3.05) is 13.1 Å². The molecule has 0 radical (unpaired) electrons. The molecule has 1 aliphatic heterocycles. The van der Waals surface area contributed by atoms with Crippen LogP contribution in [-0.4, -0.2) is 45.0 Å². The average Bonchev–Trinajstić information content (AvgIpc) is 3.38. The summed E-state index contributed by atoms with van der Waals surface area (Å²) in [6, 6.07) is 7.60. The van der Waals surface area contributed by atoms with Crippen LogP contribution in [0.2, 0.25) is 0 Å². The van der Waals surface area contributed by atoms with Crippen molar-refractivity contribution in [3.63, 3.8) is 0 Å². The molecule has 1 fully saturated rings. The Bertz CT molecular complexity index is 991. The number of aromatic nitrogens is 3. The number of nitrogens with one attached hydrogen (secondary N) is 1. The quantitative estimate of drug-likeness (QED) is 0.725. The van der Waals surface area contributed by atoms with Crippen molar-refractivity contribution < 1.29 is 9.59 Å². The van der Waals surface area contributed by atoms with Gasteiger partial charge in [0, 0.05) is 36.7 Å². The van der Waals surface area contributed by atoms with Gasteiger partial charge >= 0.3 is 0 Å². The Hall–Kier alpha value is -3.22. The Labute approximate surface area is 156 Å². The number of carbonyl (C=O) groups is 2. The number of aromatic amines is 1. The first kappa shape index (κ1) is 17.2. The third-order valence-corrected chi connectivity index (χ3v) is 5.03. The Balaban J connectivity index is 1.63. The van der Waals surface area contributed by atoms with Gasteiger partial charge < -0.3 is 10.6 Å². The van der Waals surface area contributed by atoms with Gasteiger partial charge in [-0.2, -0.15) is 5.10 Å². The predicted molar refractivity (Wildman–Crippen MR) is 102 cm³/mol. The number of likely N-dealkylation sites (tertiary alicyclic amines) is 1. The number of hydrogen-bond acceptors (Lipinski definition) is 4. The number of H-pyrrole nitrogens is 1. The van der Waals surface area contributed by atoms with E-state index in [1.54, 1.807) is 12.3 Å². The van der Waals surface area contributed by atoms with Crippen LogP contribution in [-0.2, 0) is 11.2 Å². The van der Waals surface area contributed by atoms with E-state index in [2.05, 4.69) is 15.2 Å². The second-order valence-corrected chi connectivity index (χ2v) is 6.83. The molecule has 0 spiro atoms. The summed E-state index contributed by atoms with van der Waals surface area (Å²) in [6.45, 7) is 1.65. The topological polar surface area (TPSA) is 105 Å². The van der Waals surface area contributed by atoms with Crippen molar-refractivity contribution in [2.24, 2.45) is 5.73 Å². The summed E-state index contributed by atoms with van der Waals surface area (Å²) in [7, 11) is 0. The van der Waals surface area contributed by atoms with E-state index in [4.69, 9.17) is 5.73 Å². The maximum atomic E-state index is 12.3. The van der Waals surface area contributed by atoms with Crippen molar-refractivity contribution in [3.8, 4) is 11.1 Å². The molecule has 138 valence electrons. The van der Waals surface area contributed by atoms with Gasteiger partial charge in [0.05, 0.1) is 23.0 Å². The zero-order chi connectivity index (χ0) is 18.8. The molecule has 7 heteroatoms. The number of aryl methyl sites for hydroxylation is 1. The lowest BCUT2D eigenvalue weighted by Gasteiger charge is -2.15. The van der Waals surface area contributed by atoms with Gasteiger partial charge in [-0.15, -0.1) is 0 Å². The molecular weight excluding hydrogens is 342 g/mol. The van der Waals surface area contributed by atoms with Crippen LogP contribution in [0.1, 0.15) is 35.3 Å². The van der Waals surface area contributed by atoms with Crippen LogP contribution in [0.15, 0.2) is 36.7 Å². The number of pyridine rings is 1. The van der Waals surface area contributed by atoms with E-state index in [1.165, 1.54) is 0 Å². The molecule has 27 heavy (non-hydrogen) atoms. The fourth-order valence-electron chi connectivity index (χ4n) is 3.56. The second-order valence-electron chi connectivity index (χ2n) is 6.83. The van der Waals surface area contributed by atoms with E-state index in [1.807, 2.05) is 29.3 Å². The van der Waals surface area contributed by atoms with Crippen LogP contribution in [0.5, 0.6) is 0 Å². The van der Waals surface area contributed by atoms with Crippen molar-refractivity contribution in [3.05, 3.63) is 47.9 Å². The maximum absolute atomic E-state index is 12.3. The molecule has 0 saturated carbocycles. The second kappa shape index (κ2) is 7.19. The number of nitrogens with two attached hydrogens (primary N) is 1. The highest BCUT2D eigenvalue weighted by atomic mass is 16.2. The van der Waals surface area contributed by atoms with Gasteiger partial charge in [0.25, 0.3) is 5.91 Å². The number of amides is 2. The van der Waals surface area contributed by atoms with Crippen LogP contribution < -0.4 is 5.73 Å². The first-order valence-corrected chi connectivity index (χ1v) is 9.12. The molecule has 3 heterocycles. The normalized spacial score (nSPS) is 14.0. The van der Waals surface area contributed by atoms with E-state index in [0.717, 1.165) is 48.0 Å². The van der Waals surface area contributed by atoms with Crippen LogP contribution >= 0.6 is 0 Å². The van der Waals surface area contributed by atoms with E-state index in [-0.39, 0.29) is 5.91 Å². The fraction of sp³-hybridized carbons (Fsp3) is 0.300. The lowest BCUT2D eigenvalue weighted by molar-refractivity contribution is -0.130. The monoisotopic (exact) mass is 363 g/mol. The minimum Gasteiger partial charge on any atom is -0.366 e. The van der Waals surface area contributed by atoms with Crippen LogP contribution in [0.4, 0.5) is 0 Å². The Morgan fingerprint density at radius 2 is 1.96 bits per heavy atom. The summed E-state index contributed by atoms with van der Waals surface area (Å²) in [6.07, 6.45) is 6.42. The van der Waals surface area contributed by atoms with Gasteiger partial charge in [0.15, 0.2) is 0 Å². The zero-order valence-electron chi connectivity index (χ0n) is 14.9. The number of rotatable bonds is 5. The first-order valence-electron chi connectivity index (χ1n) is 9.12. The first-order chi connectivity index (χ1) is 13.1. The predicted octanol–water partition coefficient (Wildman–Crippen LogP) is 2.28. The lowest BCUT2D eigenvalue weighted by atomic mass is 10.0. The smallest absolute Gasteiger partial charge is 0.250 e. The number of primary amides is 1. The molecule has 1 aliphatic rings. The maximum Gasteiger partial charge on any atom is 0.250 e. The van der Waals surface area contributed by atoms with Crippen molar-refractivity contribution in [2.45, 2.75) is 25.7 Å². The van der Waals surface area contributed by atoms with Gasteiger partial charge in [-0.1, -0.05) is 6.07 Å². The minimum atomic E-state index is -0.526. The number of hydrogen-bond donors (Lipinski definition) is 2. The molecule has 2 amide bonds. The molecule has 0 bridgehead atoms. The van der Waals surface area contributed by atoms with E-state index in [0.29, 0.717) is 24.1 Å². The highest BCUT2D eigenvalue weighted by Crippen LogP contribution is 2.25. The Morgan fingerprint density at radius 3 is 2.67 bits per heavy atom. The van der Waals surface area contributed by atoms with Crippen molar-refractivity contribution >= 4 is 22.7 Å². The number of carbonyl (C=O) groups excluding carboxylic acids is 2. The molecule has 0 atom stereocenters. The van der Waals surface area contributed by atoms with Crippen molar-refractivity contribution in [1.29, 1.82) is 0 Å². The molecule has 2 aromatic heterocycles. The van der Waals surface area contributed by atoms with Crippen molar-refractivity contribution in [1.82, 2.24) is 20.1 Å². The third kappa shape index (κ3) is 3.53. The number of fused-ring (bicyclic) bond motifs is 1. The Morgan fingerprint density at radius 1 is 1.15 bits per heavy atom. The zero-order valence-corrected chi connectivity index (χ0v) is 14.9. The summed E-state index contributed by atoms with van der Waals surface area (Å²) in [5, 5.41) is 7.58. The standard InChI is InChI=1S/C20H21N5O2/c21-20(27)16-10-14-9-13(15-11-22-23-12-15)3-4-17(14)24-18(16)5-6-19(26)25-7-1-2-8-25/h3-4,9-12H,1-2,5-8H2,(H2,21,27)(H,22,23). The van der Waals surface area contributed by atoms with Gasteiger partial charge in [-0.25, -0.2) is 0 Å². The van der Waals surface area contributed by atoms with Gasteiger partial charge in [0.2, 0.25) is 5.91 Å². The molecule has 4 rings (SSSR count). The molecule has 0 unspecified atom stereocenters. The van der Waals surface area contributed by atoms with Gasteiger partial charge in [0.1, 0.15) is 0 Å². The summed E-state index contributed by atoms with van der Waals surface area (Å²) in [5.41, 5.74) is 9.24. The van der Waals surface area contributed by atoms with Gasteiger partial charge in [-0.3, -0.25) is 19.7 Å². The summed E-state index contributed by atoms with van der Waals surface area (Å²) >= 11 is 0. The minimum absolute atomic E-state index is 0.111. The largest absolute Gasteiger partial charge is 0.366 e. The molecule has 1 aromatic carbocycles. The summed E-state index contributed by atoms with van der Waals surface area (Å²) < 4.78 is 0. The van der Waals surface area contributed by atoms with Crippen LogP contribution in [0.25, 0.3) is 22.0 Å². The molecule has 1 saturated heterocycles. The molecule has 0 aliphatic carbocycles. The SMILES string of the molecule is NC(=O)c1cc2cc(-c3cn[nH]c3)ccc2nc1CCC(=O)N1CCCC1. The average molecular weight is 363 g/mol. The molecule has 7 nitrogen and oxygen atoms in total. The van der Waals surface area contributed by atoms with Gasteiger partial charge in [-0.05, 0) is 43.0 Å². The highest BCUT2D eigenvalue weighted by molar-refractivity contribution is 5.98. The fourth-order valence-corrected chi connectivity index (χ4v) is 3.56. The summed E-state index contributed by atoms with van der Waals surface area (Å²) in [4.78, 5) is 30.8. The van der Waals surface area contributed by atoms with Crippen LogP contribution in [0.3, 0.4) is 0 Å². The highest BCUT2D eigenvalue weighted by Gasteiger charge is 2.19. The van der Waals surface area contributed by atoms with E-state index in [9.17, 15) is 9.59 Å².